The Bertz CT molecular complexity index is 709. The molecule has 4 rings (SSSR count). The molecule has 158 valence electrons. The average molecular weight is 401 g/mol. The molecule has 1 aromatic carbocycles. The molecule has 0 N–H and O–H groups in total. The van der Waals surface area contributed by atoms with Crippen LogP contribution in [0.1, 0.15) is 32.1 Å². The number of nitrogens with zero attached hydrogens (tertiary/aromatic N) is 4. The first-order chi connectivity index (χ1) is 14.2. The van der Waals surface area contributed by atoms with Gasteiger partial charge in [0, 0.05) is 51.0 Å². The van der Waals surface area contributed by atoms with Crippen molar-refractivity contribution in [3.63, 3.8) is 0 Å². The lowest BCUT2D eigenvalue weighted by atomic mass is 9.94. The molecule has 2 aliphatic heterocycles. The van der Waals surface area contributed by atoms with Crippen molar-refractivity contribution in [3.05, 3.63) is 24.3 Å². The van der Waals surface area contributed by atoms with E-state index in [0.29, 0.717) is 19.1 Å². The van der Waals surface area contributed by atoms with Crippen LogP contribution >= 0.6 is 0 Å². The second-order valence-electron chi connectivity index (χ2n) is 8.26. The monoisotopic (exact) mass is 400 g/mol. The minimum Gasteiger partial charge on any atom is -0.497 e. The molecule has 0 radical (unpaired) electrons. The molecule has 0 aromatic heterocycles. The predicted molar refractivity (Wildman–Crippen MR) is 112 cm³/mol. The number of carbonyl (C=O) groups is 2. The maximum absolute atomic E-state index is 12.8. The highest BCUT2D eigenvalue weighted by Gasteiger charge is 2.33. The van der Waals surface area contributed by atoms with Gasteiger partial charge in [0.05, 0.1) is 7.11 Å². The highest BCUT2D eigenvalue weighted by molar-refractivity contribution is 5.96. The van der Waals surface area contributed by atoms with Gasteiger partial charge < -0.3 is 14.5 Å². The standard InChI is InChI=1S/C22H32N4O3/c1-29-20-9-7-19(8-10-20)26-16-15-25(22(26)28)17-21(27)24-13-11-23(12-14-24)18-5-3-2-4-6-18/h7-10,18H,2-6,11-17H2,1H3. The highest BCUT2D eigenvalue weighted by Crippen LogP contribution is 2.25. The summed E-state index contributed by atoms with van der Waals surface area (Å²) in [7, 11) is 1.62. The highest BCUT2D eigenvalue weighted by atomic mass is 16.5. The molecule has 29 heavy (non-hydrogen) atoms. The largest absolute Gasteiger partial charge is 0.497 e. The van der Waals surface area contributed by atoms with Crippen LogP contribution in [0.3, 0.4) is 0 Å². The number of benzene rings is 1. The van der Waals surface area contributed by atoms with Crippen LogP contribution in [0.5, 0.6) is 5.75 Å². The number of hydrogen-bond donors (Lipinski definition) is 0. The Balaban J connectivity index is 1.27. The third kappa shape index (κ3) is 4.50. The van der Waals surface area contributed by atoms with Crippen molar-refractivity contribution in [1.29, 1.82) is 0 Å². The molecule has 1 saturated carbocycles. The van der Waals surface area contributed by atoms with Gasteiger partial charge in [-0.05, 0) is 37.1 Å². The molecule has 0 unspecified atom stereocenters. The van der Waals surface area contributed by atoms with E-state index < -0.39 is 0 Å². The zero-order valence-corrected chi connectivity index (χ0v) is 17.4. The molecule has 0 spiro atoms. The van der Waals surface area contributed by atoms with Crippen molar-refractivity contribution in [2.24, 2.45) is 0 Å². The molecular formula is C22H32N4O3. The molecular weight excluding hydrogens is 368 g/mol. The molecule has 3 aliphatic rings. The number of anilines is 1. The molecule has 7 nitrogen and oxygen atoms in total. The van der Waals surface area contributed by atoms with Gasteiger partial charge in [0.1, 0.15) is 12.3 Å². The van der Waals surface area contributed by atoms with E-state index in [-0.39, 0.29) is 18.5 Å². The van der Waals surface area contributed by atoms with Gasteiger partial charge in [-0.2, -0.15) is 0 Å². The van der Waals surface area contributed by atoms with E-state index in [2.05, 4.69) is 4.90 Å². The number of amides is 3. The first-order valence-corrected chi connectivity index (χ1v) is 10.9. The number of urea groups is 1. The molecule has 3 fully saturated rings. The first-order valence-electron chi connectivity index (χ1n) is 10.9. The van der Waals surface area contributed by atoms with Gasteiger partial charge in [0.25, 0.3) is 0 Å². The Hall–Kier alpha value is -2.28. The zero-order valence-electron chi connectivity index (χ0n) is 17.4. The van der Waals surface area contributed by atoms with Gasteiger partial charge in [-0.1, -0.05) is 19.3 Å². The average Bonchev–Trinajstić information content (AvgIpc) is 3.14. The Kier molecular flexibility index (Phi) is 6.23. The molecule has 1 aromatic rings. The number of ether oxygens (including phenoxy) is 1. The van der Waals surface area contributed by atoms with E-state index in [0.717, 1.165) is 37.6 Å². The van der Waals surface area contributed by atoms with Crippen LogP contribution in [0.15, 0.2) is 24.3 Å². The van der Waals surface area contributed by atoms with E-state index in [4.69, 9.17) is 4.74 Å². The summed E-state index contributed by atoms with van der Waals surface area (Å²) in [4.78, 5) is 33.5. The SMILES string of the molecule is COc1ccc(N2CCN(CC(=O)N3CCN(C4CCCCC4)CC3)C2=O)cc1. The Morgan fingerprint density at radius 2 is 1.66 bits per heavy atom. The lowest BCUT2D eigenvalue weighted by Gasteiger charge is -2.41. The minimum absolute atomic E-state index is 0.0678. The molecule has 3 amide bonds. The van der Waals surface area contributed by atoms with Gasteiger partial charge in [-0.3, -0.25) is 14.6 Å². The quantitative estimate of drug-likeness (QED) is 0.762. The fraction of sp³-hybridized carbons (Fsp3) is 0.636. The van der Waals surface area contributed by atoms with Gasteiger partial charge in [-0.15, -0.1) is 0 Å². The van der Waals surface area contributed by atoms with E-state index in [1.54, 1.807) is 16.9 Å². The minimum atomic E-state index is -0.0932. The lowest BCUT2D eigenvalue weighted by Crippen LogP contribution is -2.54. The summed E-state index contributed by atoms with van der Waals surface area (Å²) < 4.78 is 5.18. The summed E-state index contributed by atoms with van der Waals surface area (Å²) in [6, 6.07) is 8.08. The van der Waals surface area contributed by atoms with Gasteiger partial charge in [0.15, 0.2) is 0 Å². The Labute approximate surface area is 173 Å². The number of hydrogen-bond acceptors (Lipinski definition) is 4. The second kappa shape index (κ2) is 9.03. The van der Waals surface area contributed by atoms with Crippen LogP contribution in [0, 0.1) is 0 Å². The van der Waals surface area contributed by atoms with Crippen LogP contribution in [0.2, 0.25) is 0 Å². The maximum Gasteiger partial charge on any atom is 0.325 e. The zero-order chi connectivity index (χ0) is 20.2. The fourth-order valence-corrected chi connectivity index (χ4v) is 4.78. The smallest absolute Gasteiger partial charge is 0.325 e. The van der Waals surface area contributed by atoms with E-state index in [1.807, 2.05) is 29.2 Å². The van der Waals surface area contributed by atoms with Gasteiger partial charge in [0.2, 0.25) is 5.91 Å². The van der Waals surface area contributed by atoms with Crippen LogP contribution < -0.4 is 9.64 Å². The molecule has 0 bridgehead atoms. The van der Waals surface area contributed by atoms with Crippen molar-refractivity contribution >= 4 is 17.6 Å². The molecule has 2 heterocycles. The van der Waals surface area contributed by atoms with Crippen molar-refractivity contribution < 1.29 is 14.3 Å². The second-order valence-corrected chi connectivity index (χ2v) is 8.26. The number of carbonyl (C=O) groups excluding carboxylic acids is 2. The summed E-state index contributed by atoms with van der Waals surface area (Å²) in [5.41, 5.74) is 0.840. The third-order valence-corrected chi connectivity index (χ3v) is 6.56. The van der Waals surface area contributed by atoms with Gasteiger partial charge in [-0.25, -0.2) is 4.79 Å². The summed E-state index contributed by atoms with van der Waals surface area (Å²) >= 11 is 0. The van der Waals surface area contributed by atoms with Crippen molar-refractivity contribution in [2.75, 3.05) is 57.8 Å². The number of rotatable bonds is 5. The van der Waals surface area contributed by atoms with Gasteiger partial charge >= 0.3 is 6.03 Å². The summed E-state index contributed by atoms with van der Waals surface area (Å²) in [5, 5.41) is 0. The molecule has 1 aliphatic carbocycles. The van der Waals surface area contributed by atoms with Crippen LogP contribution in [-0.2, 0) is 4.79 Å². The molecule has 7 heteroatoms. The summed E-state index contributed by atoms with van der Waals surface area (Å²) in [5.74, 6) is 0.832. The summed E-state index contributed by atoms with van der Waals surface area (Å²) in [6.07, 6.45) is 6.65. The summed E-state index contributed by atoms with van der Waals surface area (Å²) in [6.45, 7) is 4.84. The fourth-order valence-electron chi connectivity index (χ4n) is 4.78. The van der Waals surface area contributed by atoms with Crippen molar-refractivity contribution in [3.8, 4) is 5.75 Å². The Morgan fingerprint density at radius 3 is 2.31 bits per heavy atom. The third-order valence-electron chi connectivity index (χ3n) is 6.56. The van der Waals surface area contributed by atoms with Crippen LogP contribution in [-0.4, -0.2) is 85.6 Å². The maximum atomic E-state index is 12.8. The lowest BCUT2D eigenvalue weighted by molar-refractivity contribution is -0.133. The van der Waals surface area contributed by atoms with E-state index >= 15 is 0 Å². The van der Waals surface area contributed by atoms with Crippen molar-refractivity contribution in [1.82, 2.24) is 14.7 Å². The predicted octanol–water partition coefficient (Wildman–Crippen LogP) is 2.41. The molecule has 0 atom stereocenters. The number of piperazine rings is 1. The van der Waals surface area contributed by atoms with Crippen LogP contribution in [0.25, 0.3) is 0 Å². The topological polar surface area (TPSA) is 56.3 Å². The van der Waals surface area contributed by atoms with Crippen molar-refractivity contribution in [2.45, 2.75) is 38.1 Å². The Morgan fingerprint density at radius 1 is 0.966 bits per heavy atom. The molecule has 2 saturated heterocycles. The number of methoxy groups -OCH3 is 1. The van der Waals surface area contributed by atoms with E-state index in [9.17, 15) is 9.59 Å². The van der Waals surface area contributed by atoms with Crippen LogP contribution in [0.4, 0.5) is 10.5 Å². The van der Waals surface area contributed by atoms with E-state index in [1.165, 1.54) is 32.1 Å². The first kappa shape index (κ1) is 20.0. The normalized spacial score (nSPS) is 21.7.